The van der Waals surface area contributed by atoms with Crippen molar-refractivity contribution in [3.8, 4) is 0 Å². The first-order valence-electron chi connectivity index (χ1n) is 8.09. The van der Waals surface area contributed by atoms with Crippen LogP contribution in [0.5, 0.6) is 0 Å². The lowest BCUT2D eigenvalue weighted by Gasteiger charge is -2.18. The van der Waals surface area contributed by atoms with Crippen LogP contribution < -0.4 is 10.6 Å². The fraction of sp³-hybridized carbons (Fsp3) is 0.588. The standard InChI is InChI=1S/C17H29FN4O/c1-4-19-17(20-10-5-13-23-3)21-11-12-22(2)14-15-6-8-16(18)9-7-15/h6-9H,4-5,10-14H2,1-3H3,(H2,19,20,21). The molecule has 0 aliphatic rings. The lowest BCUT2D eigenvalue weighted by atomic mass is 10.2. The summed E-state index contributed by atoms with van der Waals surface area (Å²) in [4.78, 5) is 6.68. The van der Waals surface area contributed by atoms with Crippen molar-refractivity contribution in [3.05, 3.63) is 35.6 Å². The van der Waals surface area contributed by atoms with Gasteiger partial charge in [0.15, 0.2) is 5.96 Å². The van der Waals surface area contributed by atoms with Crippen molar-refractivity contribution in [2.45, 2.75) is 19.9 Å². The number of halogens is 1. The van der Waals surface area contributed by atoms with E-state index in [1.54, 1.807) is 7.11 Å². The maximum Gasteiger partial charge on any atom is 0.191 e. The Bertz CT molecular complexity index is 450. The molecular weight excluding hydrogens is 295 g/mol. The van der Waals surface area contributed by atoms with Gasteiger partial charge in [0.25, 0.3) is 0 Å². The third kappa shape index (κ3) is 9.15. The Labute approximate surface area is 138 Å². The average molecular weight is 324 g/mol. The first kappa shape index (κ1) is 19.4. The van der Waals surface area contributed by atoms with Gasteiger partial charge in [-0.2, -0.15) is 0 Å². The summed E-state index contributed by atoms with van der Waals surface area (Å²) >= 11 is 0. The molecule has 6 heteroatoms. The van der Waals surface area contributed by atoms with Gasteiger partial charge in [-0.25, -0.2) is 4.39 Å². The Balaban J connectivity index is 2.29. The number of hydrogen-bond donors (Lipinski definition) is 2. The van der Waals surface area contributed by atoms with Crippen molar-refractivity contribution in [1.82, 2.24) is 15.5 Å². The van der Waals surface area contributed by atoms with Gasteiger partial charge >= 0.3 is 0 Å². The van der Waals surface area contributed by atoms with Gasteiger partial charge in [0.05, 0.1) is 0 Å². The van der Waals surface area contributed by atoms with Crippen molar-refractivity contribution in [1.29, 1.82) is 0 Å². The van der Waals surface area contributed by atoms with Gasteiger partial charge in [0.2, 0.25) is 0 Å². The van der Waals surface area contributed by atoms with Crippen molar-refractivity contribution < 1.29 is 9.13 Å². The Morgan fingerprint density at radius 2 is 2.00 bits per heavy atom. The second-order valence-corrected chi connectivity index (χ2v) is 5.40. The predicted molar refractivity (Wildman–Crippen MR) is 93.2 cm³/mol. The zero-order valence-electron chi connectivity index (χ0n) is 14.4. The molecule has 0 aromatic heterocycles. The molecule has 5 nitrogen and oxygen atoms in total. The molecule has 1 aromatic carbocycles. The molecule has 0 fully saturated rings. The number of ether oxygens (including phenoxy) is 1. The van der Waals surface area contributed by atoms with Gasteiger partial charge in [-0.15, -0.1) is 0 Å². The number of methoxy groups -OCH3 is 1. The van der Waals surface area contributed by atoms with E-state index in [9.17, 15) is 4.39 Å². The molecule has 1 rings (SSSR count). The van der Waals surface area contributed by atoms with Gasteiger partial charge in [-0.3, -0.25) is 4.99 Å². The maximum absolute atomic E-state index is 12.9. The molecule has 0 amide bonds. The van der Waals surface area contributed by atoms with Crippen molar-refractivity contribution in [3.63, 3.8) is 0 Å². The topological polar surface area (TPSA) is 48.9 Å². The van der Waals surface area contributed by atoms with Crippen LogP contribution in [0.2, 0.25) is 0 Å². The van der Waals surface area contributed by atoms with Gasteiger partial charge in [0.1, 0.15) is 5.82 Å². The third-order valence-corrected chi connectivity index (χ3v) is 3.27. The van der Waals surface area contributed by atoms with Crippen LogP contribution in [0.1, 0.15) is 18.9 Å². The molecule has 0 saturated carbocycles. The van der Waals surface area contributed by atoms with Gasteiger partial charge in [-0.1, -0.05) is 12.1 Å². The van der Waals surface area contributed by atoms with E-state index < -0.39 is 0 Å². The zero-order chi connectivity index (χ0) is 16.9. The quantitative estimate of drug-likeness (QED) is 0.392. The summed E-state index contributed by atoms with van der Waals surface area (Å²) in [5.41, 5.74) is 1.11. The SMILES string of the molecule is CCNC(=NCCCOC)NCCN(C)Cc1ccc(F)cc1. The molecule has 0 aliphatic carbocycles. The highest BCUT2D eigenvalue weighted by Gasteiger charge is 2.02. The monoisotopic (exact) mass is 324 g/mol. The normalized spacial score (nSPS) is 11.8. The lowest BCUT2D eigenvalue weighted by molar-refractivity contribution is 0.197. The summed E-state index contributed by atoms with van der Waals surface area (Å²) in [7, 11) is 3.75. The number of nitrogens with zero attached hydrogens (tertiary/aromatic N) is 2. The van der Waals surface area contributed by atoms with Crippen LogP contribution in [-0.4, -0.2) is 57.8 Å². The third-order valence-electron chi connectivity index (χ3n) is 3.27. The second kappa shape index (κ2) is 11.8. The van der Waals surface area contributed by atoms with Crippen LogP contribution in [0.3, 0.4) is 0 Å². The average Bonchev–Trinajstić information content (AvgIpc) is 2.53. The molecule has 0 bridgehead atoms. The Hall–Kier alpha value is -1.66. The summed E-state index contributed by atoms with van der Waals surface area (Å²) < 4.78 is 17.9. The highest BCUT2D eigenvalue weighted by atomic mass is 19.1. The molecule has 0 radical (unpaired) electrons. The zero-order valence-corrected chi connectivity index (χ0v) is 14.4. The lowest BCUT2D eigenvalue weighted by Crippen LogP contribution is -2.41. The first-order chi connectivity index (χ1) is 11.2. The highest BCUT2D eigenvalue weighted by molar-refractivity contribution is 5.79. The van der Waals surface area contributed by atoms with E-state index >= 15 is 0 Å². The van der Waals surface area contributed by atoms with E-state index in [-0.39, 0.29) is 5.82 Å². The summed E-state index contributed by atoms with van der Waals surface area (Å²) in [5, 5.41) is 6.55. The number of rotatable bonds is 10. The summed E-state index contributed by atoms with van der Waals surface area (Å²) in [6.45, 7) is 6.82. The first-order valence-corrected chi connectivity index (χ1v) is 8.09. The van der Waals surface area contributed by atoms with E-state index in [2.05, 4.69) is 20.5 Å². The van der Waals surface area contributed by atoms with Gasteiger partial charge in [0, 0.05) is 46.4 Å². The summed E-state index contributed by atoms with van der Waals surface area (Å²) in [6, 6.07) is 6.63. The highest BCUT2D eigenvalue weighted by Crippen LogP contribution is 2.04. The van der Waals surface area contributed by atoms with E-state index in [4.69, 9.17) is 4.74 Å². The largest absolute Gasteiger partial charge is 0.385 e. The summed E-state index contributed by atoms with van der Waals surface area (Å²) in [5.74, 6) is 0.636. The Morgan fingerprint density at radius 1 is 1.26 bits per heavy atom. The van der Waals surface area contributed by atoms with Crippen LogP contribution >= 0.6 is 0 Å². The van der Waals surface area contributed by atoms with Crippen molar-refractivity contribution >= 4 is 5.96 Å². The van der Waals surface area contributed by atoms with Crippen molar-refractivity contribution in [2.24, 2.45) is 4.99 Å². The molecular formula is C17H29FN4O. The number of aliphatic imine (C=N–C) groups is 1. The van der Waals surface area contributed by atoms with Crippen molar-refractivity contribution in [2.75, 3.05) is 46.9 Å². The van der Waals surface area contributed by atoms with E-state index in [1.165, 1.54) is 12.1 Å². The smallest absolute Gasteiger partial charge is 0.191 e. The van der Waals surface area contributed by atoms with Crippen LogP contribution in [0.25, 0.3) is 0 Å². The van der Waals surface area contributed by atoms with Crippen LogP contribution in [-0.2, 0) is 11.3 Å². The molecule has 130 valence electrons. The molecule has 0 unspecified atom stereocenters. The molecule has 23 heavy (non-hydrogen) atoms. The minimum atomic E-state index is -0.196. The van der Waals surface area contributed by atoms with E-state index in [1.807, 2.05) is 26.1 Å². The maximum atomic E-state index is 12.9. The fourth-order valence-corrected chi connectivity index (χ4v) is 2.09. The van der Waals surface area contributed by atoms with E-state index in [0.29, 0.717) is 0 Å². The molecule has 0 aliphatic heterocycles. The fourth-order valence-electron chi connectivity index (χ4n) is 2.09. The molecule has 2 N–H and O–H groups in total. The number of likely N-dealkylation sites (N-methyl/N-ethyl adjacent to an activating group) is 1. The Kier molecular flexibility index (Phi) is 9.99. The van der Waals surface area contributed by atoms with Crippen LogP contribution in [0.15, 0.2) is 29.3 Å². The number of benzene rings is 1. The second-order valence-electron chi connectivity index (χ2n) is 5.40. The molecule has 1 aromatic rings. The van der Waals surface area contributed by atoms with Crippen LogP contribution in [0.4, 0.5) is 4.39 Å². The number of hydrogen-bond acceptors (Lipinski definition) is 3. The minimum Gasteiger partial charge on any atom is -0.385 e. The van der Waals surface area contributed by atoms with Gasteiger partial charge < -0.3 is 20.3 Å². The molecule has 0 heterocycles. The molecule has 0 spiro atoms. The summed E-state index contributed by atoms with van der Waals surface area (Å²) in [6.07, 6.45) is 0.914. The predicted octanol–water partition coefficient (Wildman–Crippen LogP) is 1.85. The molecule has 0 saturated heterocycles. The number of nitrogens with one attached hydrogen (secondary N) is 2. The molecule has 0 atom stereocenters. The number of guanidine groups is 1. The van der Waals surface area contributed by atoms with Gasteiger partial charge in [-0.05, 0) is 38.1 Å². The van der Waals surface area contributed by atoms with Crippen LogP contribution in [0, 0.1) is 5.82 Å². The van der Waals surface area contributed by atoms with E-state index in [0.717, 1.165) is 57.3 Å². The Morgan fingerprint density at radius 3 is 2.65 bits per heavy atom. The minimum absolute atomic E-state index is 0.196.